The number of piperazine rings is 1. The zero-order chi connectivity index (χ0) is 19.1. The number of amides is 1. The Morgan fingerprint density at radius 3 is 2.79 bits per heavy atom. The summed E-state index contributed by atoms with van der Waals surface area (Å²) < 4.78 is 10.5. The molecule has 0 spiro atoms. The van der Waals surface area contributed by atoms with Crippen LogP contribution in [0.15, 0.2) is 23.7 Å². The molecule has 2 aromatic heterocycles. The summed E-state index contributed by atoms with van der Waals surface area (Å²) in [7, 11) is 0. The average Bonchev–Trinajstić information content (AvgIpc) is 3.30. The second kappa shape index (κ2) is 7.22. The molecule has 5 rings (SSSR count). The quantitative estimate of drug-likeness (QED) is 0.796. The molecule has 1 amide bonds. The van der Waals surface area contributed by atoms with Crippen LogP contribution in [0.2, 0.25) is 0 Å². The Labute approximate surface area is 168 Å². The van der Waals surface area contributed by atoms with Gasteiger partial charge in [-0.3, -0.25) is 4.98 Å². The lowest BCUT2D eigenvalue weighted by Gasteiger charge is -2.37. The number of rotatable bonds is 3. The standard InChI is InChI=1S/C21H23N3O3S/c1-14-8-16(13-28-14)15-9-18-19(10-15)22-3-2-20(18)23-4-6-24(7-5-23)21(25)27-17-11-26-12-17/h2-3,8-9,13,17H,4-7,10-12H2,1H3. The molecule has 0 aromatic carbocycles. The summed E-state index contributed by atoms with van der Waals surface area (Å²) in [5.41, 5.74) is 6.22. The molecular weight excluding hydrogens is 374 g/mol. The Kier molecular flexibility index (Phi) is 4.56. The molecule has 0 bridgehead atoms. The third kappa shape index (κ3) is 3.29. The van der Waals surface area contributed by atoms with Gasteiger partial charge in [0.25, 0.3) is 0 Å². The molecule has 146 valence electrons. The number of carbonyl (C=O) groups is 1. The number of aryl methyl sites for hydroxylation is 1. The lowest BCUT2D eigenvalue weighted by Crippen LogP contribution is -2.51. The van der Waals surface area contributed by atoms with Crippen LogP contribution in [0.4, 0.5) is 10.5 Å². The number of allylic oxidation sites excluding steroid dienone is 1. The molecular formula is C21H23N3O3S. The second-order valence-corrected chi connectivity index (χ2v) is 8.62. The fourth-order valence-corrected chi connectivity index (χ4v) is 4.64. The fourth-order valence-electron chi connectivity index (χ4n) is 3.91. The molecule has 2 fully saturated rings. The Hall–Kier alpha value is -2.38. The summed E-state index contributed by atoms with van der Waals surface area (Å²) in [5, 5.41) is 2.23. The highest BCUT2D eigenvalue weighted by atomic mass is 32.1. The van der Waals surface area contributed by atoms with Gasteiger partial charge in [0.15, 0.2) is 6.10 Å². The molecule has 2 aliphatic heterocycles. The molecule has 6 nitrogen and oxygen atoms in total. The molecule has 7 heteroatoms. The molecule has 2 aromatic rings. The lowest BCUT2D eigenvalue weighted by atomic mass is 10.1. The van der Waals surface area contributed by atoms with Crippen molar-refractivity contribution in [3.63, 3.8) is 0 Å². The summed E-state index contributed by atoms with van der Waals surface area (Å²) in [5.74, 6) is 0. The van der Waals surface area contributed by atoms with Gasteiger partial charge in [0.1, 0.15) is 0 Å². The number of fused-ring (bicyclic) bond motifs is 1. The largest absolute Gasteiger partial charge is 0.441 e. The Balaban J connectivity index is 1.29. The van der Waals surface area contributed by atoms with Crippen LogP contribution in [0, 0.1) is 6.92 Å². The molecule has 0 saturated carbocycles. The molecule has 3 aliphatic rings. The zero-order valence-corrected chi connectivity index (χ0v) is 16.7. The maximum Gasteiger partial charge on any atom is 0.410 e. The molecule has 0 unspecified atom stereocenters. The minimum atomic E-state index is -0.220. The Morgan fingerprint density at radius 1 is 1.29 bits per heavy atom. The predicted molar refractivity (Wildman–Crippen MR) is 110 cm³/mol. The van der Waals surface area contributed by atoms with Crippen molar-refractivity contribution in [3.05, 3.63) is 45.4 Å². The summed E-state index contributed by atoms with van der Waals surface area (Å²) >= 11 is 1.79. The first kappa shape index (κ1) is 17.7. The van der Waals surface area contributed by atoms with E-state index in [9.17, 15) is 4.79 Å². The average molecular weight is 398 g/mol. The van der Waals surface area contributed by atoms with Gasteiger partial charge in [-0.2, -0.15) is 0 Å². The van der Waals surface area contributed by atoms with Crippen LogP contribution in [0.25, 0.3) is 11.6 Å². The van der Waals surface area contributed by atoms with E-state index in [4.69, 9.17) is 9.47 Å². The van der Waals surface area contributed by atoms with Crippen molar-refractivity contribution in [3.8, 4) is 0 Å². The smallest absolute Gasteiger partial charge is 0.410 e. The molecule has 0 radical (unpaired) electrons. The third-order valence-corrected chi connectivity index (χ3v) is 6.44. The van der Waals surface area contributed by atoms with E-state index in [-0.39, 0.29) is 12.2 Å². The van der Waals surface area contributed by atoms with Crippen LogP contribution in [0.5, 0.6) is 0 Å². The lowest BCUT2D eigenvalue weighted by molar-refractivity contribution is -0.104. The monoisotopic (exact) mass is 397 g/mol. The van der Waals surface area contributed by atoms with Crippen LogP contribution in [-0.2, 0) is 15.9 Å². The van der Waals surface area contributed by atoms with Crippen molar-refractivity contribution >= 4 is 34.8 Å². The van der Waals surface area contributed by atoms with Gasteiger partial charge in [-0.15, -0.1) is 11.3 Å². The minimum Gasteiger partial charge on any atom is -0.441 e. The number of pyridine rings is 1. The van der Waals surface area contributed by atoms with E-state index in [0.29, 0.717) is 26.3 Å². The van der Waals surface area contributed by atoms with Crippen molar-refractivity contribution in [2.75, 3.05) is 44.3 Å². The number of thiophene rings is 1. The Bertz CT molecular complexity index is 927. The first-order chi connectivity index (χ1) is 13.7. The highest BCUT2D eigenvalue weighted by Gasteiger charge is 2.29. The van der Waals surface area contributed by atoms with Gasteiger partial charge in [-0.1, -0.05) is 0 Å². The molecule has 2 saturated heterocycles. The minimum absolute atomic E-state index is 0.0710. The number of anilines is 1. The highest BCUT2D eigenvalue weighted by Crippen LogP contribution is 2.37. The summed E-state index contributed by atoms with van der Waals surface area (Å²) in [4.78, 5) is 22.3. The summed E-state index contributed by atoms with van der Waals surface area (Å²) in [6.45, 7) is 6.12. The van der Waals surface area contributed by atoms with Gasteiger partial charge in [0, 0.05) is 54.9 Å². The van der Waals surface area contributed by atoms with Crippen LogP contribution >= 0.6 is 11.3 Å². The van der Waals surface area contributed by atoms with Crippen LogP contribution in [0.1, 0.15) is 21.7 Å². The SMILES string of the molecule is Cc1cc(C2=Cc3c(N4CCN(C(=O)OC5COC5)CC4)ccnc3C2)cs1. The van der Waals surface area contributed by atoms with E-state index >= 15 is 0 Å². The number of carbonyl (C=O) groups excluding carboxylic acids is 1. The van der Waals surface area contributed by atoms with Gasteiger partial charge in [-0.25, -0.2) is 4.79 Å². The molecule has 1 aliphatic carbocycles. The van der Waals surface area contributed by atoms with Gasteiger partial charge in [0.2, 0.25) is 0 Å². The maximum atomic E-state index is 12.2. The van der Waals surface area contributed by atoms with E-state index in [0.717, 1.165) is 25.2 Å². The number of hydrogen-bond acceptors (Lipinski definition) is 6. The van der Waals surface area contributed by atoms with Crippen molar-refractivity contribution in [2.24, 2.45) is 0 Å². The van der Waals surface area contributed by atoms with Crippen molar-refractivity contribution in [1.82, 2.24) is 9.88 Å². The van der Waals surface area contributed by atoms with E-state index in [2.05, 4.69) is 40.4 Å². The van der Waals surface area contributed by atoms with Crippen LogP contribution < -0.4 is 4.90 Å². The van der Waals surface area contributed by atoms with Gasteiger partial charge in [0.05, 0.1) is 18.9 Å². The van der Waals surface area contributed by atoms with Crippen molar-refractivity contribution in [2.45, 2.75) is 19.4 Å². The van der Waals surface area contributed by atoms with Crippen LogP contribution in [0.3, 0.4) is 0 Å². The first-order valence-corrected chi connectivity index (χ1v) is 10.6. The predicted octanol–water partition coefficient (Wildman–Crippen LogP) is 3.21. The topological polar surface area (TPSA) is 54.9 Å². The van der Waals surface area contributed by atoms with E-state index in [1.807, 2.05) is 6.20 Å². The number of aromatic nitrogens is 1. The van der Waals surface area contributed by atoms with Crippen molar-refractivity contribution in [1.29, 1.82) is 0 Å². The maximum absolute atomic E-state index is 12.2. The van der Waals surface area contributed by atoms with E-state index < -0.39 is 0 Å². The number of nitrogens with zero attached hydrogens (tertiary/aromatic N) is 3. The number of hydrogen-bond donors (Lipinski definition) is 0. The normalized spacial score (nSPS) is 19.2. The molecule has 0 atom stereocenters. The molecule has 0 N–H and O–H groups in total. The second-order valence-electron chi connectivity index (χ2n) is 7.50. The van der Waals surface area contributed by atoms with Crippen molar-refractivity contribution < 1.29 is 14.3 Å². The number of ether oxygens (including phenoxy) is 2. The third-order valence-electron chi connectivity index (χ3n) is 5.58. The highest BCUT2D eigenvalue weighted by molar-refractivity contribution is 7.10. The Morgan fingerprint density at radius 2 is 2.11 bits per heavy atom. The zero-order valence-electron chi connectivity index (χ0n) is 15.9. The first-order valence-electron chi connectivity index (χ1n) is 9.69. The molecule has 28 heavy (non-hydrogen) atoms. The molecule has 4 heterocycles. The van der Waals surface area contributed by atoms with Gasteiger partial charge in [-0.05, 0) is 41.6 Å². The summed E-state index contributed by atoms with van der Waals surface area (Å²) in [6.07, 6.45) is 4.79. The summed E-state index contributed by atoms with van der Waals surface area (Å²) in [6, 6.07) is 4.34. The van der Waals surface area contributed by atoms with E-state index in [1.54, 1.807) is 16.2 Å². The van der Waals surface area contributed by atoms with Gasteiger partial charge >= 0.3 is 6.09 Å². The fraction of sp³-hybridized carbons (Fsp3) is 0.429. The van der Waals surface area contributed by atoms with Gasteiger partial charge < -0.3 is 19.3 Å². The van der Waals surface area contributed by atoms with Crippen LogP contribution in [-0.4, -0.2) is 61.5 Å². The van der Waals surface area contributed by atoms with E-state index in [1.165, 1.54) is 27.3 Å².